The van der Waals surface area contributed by atoms with Gasteiger partial charge in [0.25, 0.3) is 11.5 Å². The number of nitrogens with one attached hydrogen (secondary N) is 3. The zero-order chi connectivity index (χ0) is 29.2. The molecule has 0 aliphatic carbocycles. The molecule has 0 bridgehead atoms. The monoisotopic (exact) mass is 567 g/mol. The van der Waals surface area contributed by atoms with Crippen molar-refractivity contribution in [2.45, 2.75) is 44.7 Å². The van der Waals surface area contributed by atoms with Crippen molar-refractivity contribution in [3.63, 3.8) is 0 Å². The second kappa shape index (κ2) is 11.3. The first kappa shape index (κ1) is 28.4. The number of aromatic nitrogens is 4. The molecule has 0 radical (unpaired) electrons. The third kappa shape index (κ3) is 6.35. The molecule has 1 amide bonds. The summed E-state index contributed by atoms with van der Waals surface area (Å²) < 4.78 is 29.9. The predicted molar refractivity (Wildman–Crippen MR) is 147 cm³/mol. The lowest BCUT2D eigenvalue weighted by atomic mass is 10.1. The molecule has 0 aliphatic rings. The van der Waals surface area contributed by atoms with Crippen molar-refractivity contribution in [1.29, 1.82) is 0 Å². The summed E-state index contributed by atoms with van der Waals surface area (Å²) in [4.78, 5) is 42.6. The maximum absolute atomic E-state index is 13.0. The number of amides is 1. The van der Waals surface area contributed by atoms with E-state index in [0.29, 0.717) is 35.2 Å². The number of sulfonamides is 1. The summed E-state index contributed by atoms with van der Waals surface area (Å²) in [5.74, 6) is -1.98. The molecule has 14 heteroatoms. The number of carboxylic acid groups (broad SMARTS) is 1. The average molecular weight is 568 g/mol. The lowest BCUT2D eigenvalue weighted by Gasteiger charge is -2.18. The first-order valence-corrected chi connectivity index (χ1v) is 13.7. The van der Waals surface area contributed by atoms with Crippen LogP contribution in [0.1, 0.15) is 32.7 Å². The summed E-state index contributed by atoms with van der Waals surface area (Å²) in [6.45, 7) is 5.07. The summed E-state index contributed by atoms with van der Waals surface area (Å²) in [7, 11) is -4.17. The fourth-order valence-electron chi connectivity index (χ4n) is 4.61. The van der Waals surface area contributed by atoms with Crippen molar-refractivity contribution < 1.29 is 23.1 Å². The Balaban J connectivity index is 1.44. The van der Waals surface area contributed by atoms with Crippen LogP contribution < -0.4 is 21.3 Å². The zero-order valence-electron chi connectivity index (χ0n) is 22.1. The van der Waals surface area contributed by atoms with Crippen LogP contribution in [0.15, 0.2) is 52.3 Å². The number of anilines is 1. The number of rotatable bonds is 10. The molecule has 0 saturated heterocycles. The summed E-state index contributed by atoms with van der Waals surface area (Å²) >= 11 is 0. The number of fused-ring (bicyclic) bond motifs is 1. The van der Waals surface area contributed by atoms with E-state index in [1.807, 2.05) is 6.92 Å². The van der Waals surface area contributed by atoms with Gasteiger partial charge in [0.2, 0.25) is 16.0 Å². The Morgan fingerprint density at radius 3 is 2.48 bits per heavy atom. The molecule has 6 N–H and O–H groups in total. The number of carboxylic acids is 1. The van der Waals surface area contributed by atoms with Crippen LogP contribution in [0.3, 0.4) is 0 Å². The number of carbonyl (C=O) groups is 2. The number of carbonyl (C=O) groups excluding carboxylic acids is 1. The number of hydrogen-bond acceptors (Lipinski definition) is 8. The van der Waals surface area contributed by atoms with E-state index in [0.717, 1.165) is 11.1 Å². The van der Waals surface area contributed by atoms with Crippen LogP contribution in [-0.2, 0) is 27.8 Å². The van der Waals surface area contributed by atoms with E-state index in [2.05, 4.69) is 25.1 Å². The fraction of sp³-hybridized carbons (Fsp3) is 0.269. The van der Waals surface area contributed by atoms with Gasteiger partial charge in [-0.15, -0.1) is 0 Å². The van der Waals surface area contributed by atoms with Gasteiger partial charge in [-0.1, -0.05) is 17.7 Å². The predicted octanol–water partition coefficient (Wildman–Crippen LogP) is 1.03. The molecule has 13 nitrogen and oxygen atoms in total. The quantitative estimate of drug-likeness (QED) is 0.185. The molecule has 2 aromatic carbocycles. The molecular weight excluding hydrogens is 538 g/mol. The second-order valence-corrected chi connectivity index (χ2v) is 11.1. The first-order valence-electron chi connectivity index (χ1n) is 12.3. The largest absolute Gasteiger partial charge is 0.480 e. The van der Waals surface area contributed by atoms with Gasteiger partial charge in [0, 0.05) is 42.2 Å². The van der Waals surface area contributed by atoms with Crippen LogP contribution in [0.2, 0.25) is 0 Å². The van der Waals surface area contributed by atoms with Gasteiger partial charge in [-0.05, 0) is 50.1 Å². The molecule has 1 unspecified atom stereocenters. The van der Waals surface area contributed by atoms with Gasteiger partial charge in [-0.2, -0.15) is 14.8 Å². The standard InChI is InChI=1S/C26H29N7O6S/c1-14-8-15(2)23(16(3)9-14)40(38,39)32-20(25(36)37)13-28-24(35)17-4-5-21-18(10-17)12-29-33(21)7-6-19-11-22(34)31-26(27)30-19/h4-5,8-12,20,32H,6-7,13H2,1-3H3,(H,28,35)(H,36,37)(H3,27,30,31,34). The molecule has 0 saturated carbocycles. The summed E-state index contributed by atoms with van der Waals surface area (Å²) in [6.07, 6.45) is 2.02. The number of benzene rings is 2. The molecule has 4 rings (SSSR count). The van der Waals surface area contributed by atoms with Crippen molar-refractivity contribution in [1.82, 2.24) is 29.8 Å². The summed E-state index contributed by atoms with van der Waals surface area (Å²) in [6, 6.07) is 8.02. The highest BCUT2D eigenvalue weighted by atomic mass is 32.2. The van der Waals surface area contributed by atoms with E-state index in [1.54, 1.807) is 55.1 Å². The van der Waals surface area contributed by atoms with Gasteiger partial charge >= 0.3 is 5.97 Å². The first-order chi connectivity index (χ1) is 18.8. The highest BCUT2D eigenvalue weighted by Gasteiger charge is 2.28. The zero-order valence-corrected chi connectivity index (χ0v) is 22.9. The highest BCUT2D eigenvalue weighted by Crippen LogP contribution is 2.22. The number of aromatic amines is 1. The highest BCUT2D eigenvalue weighted by molar-refractivity contribution is 7.89. The van der Waals surface area contributed by atoms with Crippen molar-refractivity contribution in [3.05, 3.63) is 80.9 Å². The number of aliphatic carboxylic acids is 1. The lowest BCUT2D eigenvalue weighted by Crippen LogP contribution is -2.48. The molecule has 40 heavy (non-hydrogen) atoms. The van der Waals surface area contributed by atoms with Gasteiger partial charge in [-0.25, -0.2) is 8.42 Å². The summed E-state index contributed by atoms with van der Waals surface area (Å²) in [5.41, 5.74) is 8.60. The summed E-state index contributed by atoms with van der Waals surface area (Å²) in [5, 5.41) is 17.1. The molecule has 1 atom stereocenters. The van der Waals surface area contributed by atoms with E-state index in [1.165, 1.54) is 6.07 Å². The third-order valence-corrected chi connectivity index (χ3v) is 8.03. The molecule has 2 aromatic heterocycles. The van der Waals surface area contributed by atoms with Crippen LogP contribution in [0.4, 0.5) is 5.95 Å². The van der Waals surface area contributed by atoms with Gasteiger partial charge in [-0.3, -0.25) is 19.1 Å². The molecule has 4 aromatic rings. The average Bonchev–Trinajstić information content (AvgIpc) is 3.25. The minimum absolute atomic E-state index is 0.0110. The number of nitrogens with zero attached hydrogens (tertiary/aromatic N) is 3. The Morgan fingerprint density at radius 1 is 1.12 bits per heavy atom. The Morgan fingerprint density at radius 2 is 1.82 bits per heavy atom. The van der Waals surface area contributed by atoms with Crippen LogP contribution >= 0.6 is 0 Å². The van der Waals surface area contributed by atoms with Crippen molar-refractivity contribution in [2.24, 2.45) is 0 Å². The normalized spacial score (nSPS) is 12.4. The van der Waals surface area contributed by atoms with Crippen molar-refractivity contribution >= 4 is 38.8 Å². The van der Waals surface area contributed by atoms with Gasteiger partial charge in [0.15, 0.2) is 0 Å². The van der Waals surface area contributed by atoms with Crippen LogP contribution in [0.5, 0.6) is 0 Å². The van der Waals surface area contributed by atoms with E-state index in [9.17, 15) is 27.9 Å². The number of nitrogens with two attached hydrogens (primary N) is 1. The SMILES string of the molecule is Cc1cc(C)c(S(=O)(=O)NC(CNC(=O)c2ccc3c(cnn3CCc3cc(=O)nc(N)[nH]3)c2)C(=O)O)c(C)c1. The molecular formula is C26H29N7O6S. The smallest absolute Gasteiger partial charge is 0.323 e. The molecule has 0 aliphatic heterocycles. The van der Waals surface area contributed by atoms with Crippen LogP contribution in [0, 0.1) is 20.8 Å². The number of aryl methyl sites for hydroxylation is 5. The number of H-pyrrole nitrogens is 1. The maximum atomic E-state index is 13.0. The fourth-order valence-corrected chi connectivity index (χ4v) is 6.25. The van der Waals surface area contributed by atoms with Crippen LogP contribution in [0.25, 0.3) is 10.9 Å². The Kier molecular flexibility index (Phi) is 8.02. The van der Waals surface area contributed by atoms with Crippen molar-refractivity contribution in [2.75, 3.05) is 12.3 Å². The van der Waals surface area contributed by atoms with Gasteiger partial charge in [0.05, 0.1) is 16.6 Å². The minimum atomic E-state index is -4.17. The minimum Gasteiger partial charge on any atom is -0.480 e. The Bertz CT molecular complexity index is 1750. The van der Waals surface area contributed by atoms with E-state index >= 15 is 0 Å². The lowest BCUT2D eigenvalue weighted by molar-refractivity contribution is -0.138. The Hall–Kier alpha value is -4.56. The molecule has 0 fully saturated rings. The number of hydrogen-bond donors (Lipinski definition) is 5. The van der Waals surface area contributed by atoms with Crippen molar-refractivity contribution in [3.8, 4) is 0 Å². The molecule has 210 valence electrons. The molecule has 2 heterocycles. The maximum Gasteiger partial charge on any atom is 0.323 e. The van der Waals surface area contributed by atoms with Gasteiger partial charge < -0.3 is 21.1 Å². The van der Waals surface area contributed by atoms with E-state index in [4.69, 9.17) is 5.73 Å². The Labute approximate surface area is 229 Å². The number of nitrogen functional groups attached to an aromatic ring is 1. The molecule has 0 spiro atoms. The van der Waals surface area contributed by atoms with Gasteiger partial charge in [0.1, 0.15) is 6.04 Å². The second-order valence-electron chi connectivity index (χ2n) is 9.47. The van der Waals surface area contributed by atoms with E-state index < -0.39 is 40.0 Å². The topological polar surface area (TPSA) is 202 Å². The van der Waals surface area contributed by atoms with Crippen LogP contribution in [-0.4, -0.2) is 57.7 Å². The van der Waals surface area contributed by atoms with E-state index in [-0.39, 0.29) is 16.4 Å². The third-order valence-electron chi connectivity index (χ3n) is 6.25.